The van der Waals surface area contributed by atoms with Crippen molar-refractivity contribution in [1.29, 1.82) is 0 Å². The third kappa shape index (κ3) is 5.20. The van der Waals surface area contributed by atoms with E-state index in [1.54, 1.807) is 7.11 Å². The first kappa shape index (κ1) is 26.7. The predicted molar refractivity (Wildman–Crippen MR) is 142 cm³/mol. The number of fused-ring (bicyclic) bond motifs is 1. The summed E-state index contributed by atoms with van der Waals surface area (Å²) in [6.07, 6.45) is 5.51. The van der Waals surface area contributed by atoms with Crippen molar-refractivity contribution >= 4 is 21.1 Å². The molecular formula is C25H35N7O5S. The summed E-state index contributed by atoms with van der Waals surface area (Å²) in [7, 11) is -0.277. The van der Waals surface area contributed by atoms with Crippen LogP contribution in [0.2, 0.25) is 0 Å². The molecular weight excluding hydrogens is 510 g/mol. The van der Waals surface area contributed by atoms with E-state index in [2.05, 4.69) is 20.0 Å². The molecule has 1 saturated carbocycles. The molecule has 0 amide bonds. The van der Waals surface area contributed by atoms with E-state index in [9.17, 15) is 13.2 Å². The summed E-state index contributed by atoms with van der Waals surface area (Å²) in [6, 6.07) is 1.48. The van der Waals surface area contributed by atoms with E-state index in [0.29, 0.717) is 56.2 Å². The summed E-state index contributed by atoms with van der Waals surface area (Å²) >= 11 is 0. The minimum Gasteiger partial charge on any atom is -0.475 e. The second-order valence-corrected chi connectivity index (χ2v) is 11.9. The number of aryl methyl sites for hydroxylation is 1. The Morgan fingerprint density at radius 1 is 1.13 bits per heavy atom. The first-order chi connectivity index (χ1) is 18.3. The molecule has 13 heteroatoms. The van der Waals surface area contributed by atoms with Crippen LogP contribution >= 0.6 is 0 Å². The summed E-state index contributed by atoms with van der Waals surface area (Å²) < 4.78 is 41.2. The predicted octanol–water partition coefficient (Wildman–Crippen LogP) is 1.51. The van der Waals surface area contributed by atoms with Crippen molar-refractivity contribution in [1.82, 2.24) is 33.9 Å². The number of aromatic amines is 1. The maximum Gasteiger partial charge on any atom is 0.279 e. The highest BCUT2D eigenvalue weighted by atomic mass is 32.2. The van der Waals surface area contributed by atoms with Crippen LogP contribution in [0.25, 0.3) is 22.4 Å². The summed E-state index contributed by atoms with van der Waals surface area (Å²) in [5, 5.41) is 4.59. The van der Waals surface area contributed by atoms with Crippen LogP contribution < -0.4 is 10.3 Å². The minimum absolute atomic E-state index is 0.0234. The highest BCUT2D eigenvalue weighted by Crippen LogP contribution is 2.32. The second-order valence-electron chi connectivity index (χ2n) is 9.96. The molecule has 4 heterocycles. The van der Waals surface area contributed by atoms with Crippen LogP contribution in [-0.2, 0) is 27.7 Å². The molecule has 2 fully saturated rings. The van der Waals surface area contributed by atoms with Crippen molar-refractivity contribution in [3.63, 3.8) is 0 Å². The summed E-state index contributed by atoms with van der Waals surface area (Å²) in [4.78, 5) is 27.2. The van der Waals surface area contributed by atoms with Crippen LogP contribution in [-0.4, -0.2) is 95.9 Å². The number of rotatable bonds is 10. The topological polar surface area (TPSA) is 136 Å². The number of aromatic nitrogens is 5. The average molecular weight is 546 g/mol. The Hall–Kier alpha value is -2.87. The van der Waals surface area contributed by atoms with Crippen LogP contribution in [0.5, 0.6) is 5.88 Å². The van der Waals surface area contributed by atoms with Crippen LogP contribution in [0, 0.1) is 5.92 Å². The number of methoxy groups -OCH3 is 1. The zero-order valence-electron chi connectivity index (χ0n) is 22.1. The number of nitrogens with zero attached hydrogens (tertiary/aromatic N) is 6. The third-order valence-corrected chi connectivity index (χ3v) is 9.26. The molecule has 0 aromatic carbocycles. The first-order valence-electron chi connectivity index (χ1n) is 13.1. The molecule has 0 radical (unpaired) electrons. The molecule has 1 aliphatic heterocycles. The van der Waals surface area contributed by atoms with Crippen LogP contribution in [0.4, 0.5) is 0 Å². The summed E-state index contributed by atoms with van der Waals surface area (Å²) in [6.45, 7) is 5.37. The van der Waals surface area contributed by atoms with Gasteiger partial charge >= 0.3 is 0 Å². The minimum atomic E-state index is -3.80. The van der Waals surface area contributed by atoms with Gasteiger partial charge in [-0.3, -0.25) is 9.48 Å². The lowest BCUT2D eigenvalue weighted by Gasteiger charge is -2.31. The lowest BCUT2D eigenvalue weighted by molar-refractivity contribution is 0.144. The Balaban J connectivity index is 1.58. The van der Waals surface area contributed by atoms with Crippen LogP contribution in [0.15, 0.2) is 22.0 Å². The smallest absolute Gasteiger partial charge is 0.279 e. The fraction of sp³-hybridized carbons (Fsp3) is 0.600. The normalized spacial score (nSPS) is 17.7. The van der Waals surface area contributed by atoms with Crippen molar-refractivity contribution in [2.75, 3.05) is 53.6 Å². The molecule has 0 spiro atoms. The molecule has 0 unspecified atom stereocenters. The number of sulfonamides is 1. The largest absolute Gasteiger partial charge is 0.475 e. The van der Waals surface area contributed by atoms with Gasteiger partial charge < -0.3 is 19.4 Å². The van der Waals surface area contributed by atoms with Crippen molar-refractivity contribution in [2.45, 2.75) is 44.0 Å². The van der Waals surface area contributed by atoms with E-state index in [1.807, 2.05) is 18.7 Å². The number of hydrogen-bond acceptors (Lipinski definition) is 9. The van der Waals surface area contributed by atoms with Gasteiger partial charge in [-0.2, -0.15) is 9.40 Å². The zero-order valence-corrected chi connectivity index (χ0v) is 23.0. The van der Waals surface area contributed by atoms with Gasteiger partial charge in [0, 0.05) is 39.8 Å². The molecule has 5 rings (SSSR count). The van der Waals surface area contributed by atoms with E-state index in [4.69, 9.17) is 14.5 Å². The first-order valence-corrected chi connectivity index (χ1v) is 14.6. The van der Waals surface area contributed by atoms with Gasteiger partial charge in [-0.15, -0.1) is 0 Å². The highest BCUT2D eigenvalue weighted by molar-refractivity contribution is 7.89. The molecule has 3 aromatic heterocycles. The standard InChI is InChI=1S/C25H35N7O5S/c1-4-20-21-22(29-32(20)16-17-6-5-7-17)24(33)28-23(27-21)19-14-18(15-26-25(19)37-13-12-36-3)38(34,35)31-10-8-30(2)9-11-31/h14-15,17H,4-13,16H2,1-3H3,(H,27,28,33). The highest BCUT2D eigenvalue weighted by Gasteiger charge is 2.30. The molecule has 38 heavy (non-hydrogen) atoms. The Morgan fingerprint density at radius 2 is 1.89 bits per heavy atom. The fourth-order valence-electron chi connectivity index (χ4n) is 4.87. The Labute approximate surface area is 222 Å². The molecule has 1 aliphatic carbocycles. The molecule has 12 nitrogen and oxygen atoms in total. The molecule has 206 valence electrons. The molecule has 1 N–H and O–H groups in total. The van der Waals surface area contributed by atoms with E-state index in [0.717, 1.165) is 25.1 Å². The van der Waals surface area contributed by atoms with Gasteiger partial charge in [0.1, 0.15) is 22.8 Å². The monoisotopic (exact) mass is 545 g/mol. The lowest BCUT2D eigenvalue weighted by Crippen LogP contribution is -2.47. The van der Waals surface area contributed by atoms with Crippen LogP contribution in [0.1, 0.15) is 31.9 Å². The quantitative estimate of drug-likeness (QED) is 0.376. The van der Waals surface area contributed by atoms with Gasteiger partial charge in [-0.05, 0) is 38.3 Å². The number of nitrogens with one attached hydrogen (secondary N) is 1. The van der Waals surface area contributed by atoms with Crippen molar-refractivity contribution in [3.05, 3.63) is 28.3 Å². The van der Waals surface area contributed by atoms with Gasteiger partial charge in [0.25, 0.3) is 5.56 Å². The Morgan fingerprint density at radius 3 is 2.55 bits per heavy atom. The van der Waals surface area contributed by atoms with E-state index < -0.39 is 10.0 Å². The summed E-state index contributed by atoms with van der Waals surface area (Å²) in [5.74, 6) is 0.923. The second kappa shape index (κ2) is 11.1. The molecule has 1 saturated heterocycles. The van der Waals surface area contributed by atoms with Gasteiger partial charge in [0.05, 0.1) is 24.1 Å². The van der Waals surface area contributed by atoms with E-state index >= 15 is 0 Å². The lowest BCUT2D eigenvalue weighted by atomic mass is 9.85. The molecule has 3 aromatic rings. The Bertz CT molecular complexity index is 1460. The van der Waals surface area contributed by atoms with Gasteiger partial charge in [0.2, 0.25) is 15.9 Å². The number of ether oxygens (including phenoxy) is 2. The number of H-pyrrole nitrogens is 1. The number of likely N-dealkylation sites (N-methyl/N-ethyl adjacent to an activating group) is 1. The van der Waals surface area contributed by atoms with Gasteiger partial charge in [0.15, 0.2) is 5.52 Å². The average Bonchev–Trinajstić information content (AvgIpc) is 3.24. The maximum absolute atomic E-state index is 13.5. The van der Waals surface area contributed by atoms with Gasteiger partial charge in [-0.1, -0.05) is 13.3 Å². The van der Waals surface area contributed by atoms with Crippen molar-refractivity contribution in [3.8, 4) is 17.3 Å². The van der Waals surface area contributed by atoms with Gasteiger partial charge in [-0.25, -0.2) is 18.4 Å². The molecule has 2 aliphatic rings. The Kier molecular flexibility index (Phi) is 7.80. The SMILES string of the molecule is CCc1c2nc(-c3cc(S(=O)(=O)N4CCN(C)CC4)cnc3OCCOC)[nH]c(=O)c2nn1CC1CCC1. The van der Waals surface area contributed by atoms with Crippen molar-refractivity contribution in [2.24, 2.45) is 5.92 Å². The van der Waals surface area contributed by atoms with E-state index in [-0.39, 0.29) is 34.3 Å². The zero-order chi connectivity index (χ0) is 26.9. The van der Waals surface area contributed by atoms with Crippen molar-refractivity contribution < 1.29 is 17.9 Å². The number of piperazine rings is 1. The number of hydrogen-bond donors (Lipinski definition) is 1. The third-order valence-electron chi connectivity index (χ3n) is 7.40. The summed E-state index contributed by atoms with van der Waals surface area (Å²) in [5.41, 5.74) is 1.59. The van der Waals surface area contributed by atoms with Crippen LogP contribution in [0.3, 0.4) is 0 Å². The van der Waals surface area contributed by atoms with E-state index in [1.165, 1.54) is 23.0 Å². The fourth-order valence-corrected chi connectivity index (χ4v) is 6.27. The molecule has 0 atom stereocenters. The maximum atomic E-state index is 13.5. The number of pyridine rings is 1. The molecule has 0 bridgehead atoms.